The van der Waals surface area contributed by atoms with E-state index in [0.717, 1.165) is 10.9 Å². The van der Waals surface area contributed by atoms with Crippen molar-refractivity contribution >= 4 is 22.9 Å². The van der Waals surface area contributed by atoms with Gasteiger partial charge in [0.05, 0.1) is 0 Å². The standard InChI is InChI=1S/C14H15N3O3/c18-13(16-5-7-17(8-6-16)14(19)20)11-2-1-10-3-4-15-12(10)9-11/h1-4,9,15H,5-8H2,(H,19,20). The number of aromatic nitrogens is 1. The monoisotopic (exact) mass is 273 g/mol. The Morgan fingerprint density at radius 3 is 2.45 bits per heavy atom. The molecule has 20 heavy (non-hydrogen) atoms. The molecule has 2 heterocycles. The highest BCUT2D eigenvalue weighted by atomic mass is 16.4. The zero-order valence-electron chi connectivity index (χ0n) is 10.9. The summed E-state index contributed by atoms with van der Waals surface area (Å²) < 4.78 is 0. The SMILES string of the molecule is O=C(O)N1CCN(C(=O)c2ccc3cc[nH]c3c2)CC1. The first-order chi connectivity index (χ1) is 9.65. The quantitative estimate of drug-likeness (QED) is 0.828. The van der Waals surface area contributed by atoms with Crippen LogP contribution in [0.25, 0.3) is 10.9 Å². The third kappa shape index (κ3) is 2.20. The van der Waals surface area contributed by atoms with Crippen molar-refractivity contribution < 1.29 is 14.7 Å². The van der Waals surface area contributed by atoms with Crippen LogP contribution < -0.4 is 0 Å². The minimum atomic E-state index is -0.926. The molecule has 2 amide bonds. The topological polar surface area (TPSA) is 76.6 Å². The average molecular weight is 273 g/mol. The zero-order chi connectivity index (χ0) is 14.1. The van der Waals surface area contributed by atoms with Crippen molar-refractivity contribution in [3.05, 3.63) is 36.0 Å². The summed E-state index contributed by atoms with van der Waals surface area (Å²) in [7, 11) is 0. The lowest BCUT2D eigenvalue weighted by Crippen LogP contribution is -2.50. The van der Waals surface area contributed by atoms with Crippen molar-refractivity contribution in [1.29, 1.82) is 0 Å². The van der Waals surface area contributed by atoms with Gasteiger partial charge in [-0.05, 0) is 23.6 Å². The van der Waals surface area contributed by atoms with Gasteiger partial charge in [0.15, 0.2) is 0 Å². The fourth-order valence-electron chi connectivity index (χ4n) is 2.46. The number of nitrogens with one attached hydrogen (secondary N) is 1. The Morgan fingerprint density at radius 1 is 1.05 bits per heavy atom. The fourth-order valence-corrected chi connectivity index (χ4v) is 2.46. The number of benzene rings is 1. The largest absolute Gasteiger partial charge is 0.465 e. The number of carboxylic acid groups (broad SMARTS) is 1. The van der Waals surface area contributed by atoms with E-state index < -0.39 is 6.09 Å². The normalized spacial score (nSPS) is 15.6. The van der Waals surface area contributed by atoms with Crippen LogP contribution >= 0.6 is 0 Å². The lowest BCUT2D eigenvalue weighted by Gasteiger charge is -2.33. The molecule has 0 aliphatic carbocycles. The molecule has 0 atom stereocenters. The molecule has 0 bridgehead atoms. The van der Waals surface area contributed by atoms with Gasteiger partial charge in [-0.2, -0.15) is 0 Å². The molecule has 0 radical (unpaired) electrons. The minimum absolute atomic E-state index is 0.0495. The molecule has 1 aliphatic heterocycles. The van der Waals surface area contributed by atoms with Crippen LogP contribution in [0.3, 0.4) is 0 Å². The highest BCUT2D eigenvalue weighted by molar-refractivity contribution is 5.98. The van der Waals surface area contributed by atoms with Crippen molar-refractivity contribution in [2.45, 2.75) is 0 Å². The Kier molecular flexibility index (Phi) is 3.06. The van der Waals surface area contributed by atoms with Gasteiger partial charge in [0.25, 0.3) is 5.91 Å². The number of nitrogens with zero attached hydrogens (tertiary/aromatic N) is 2. The Bertz CT molecular complexity index is 656. The first kappa shape index (κ1) is 12.5. The van der Waals surface area contributed by atoms with Crippen LogP contribution in [0.15, 0.2) is 30.5 Å². The molecule has 1 aromatic carbocycles. The predicted molar refractivity (Wildman–Crippen MR) is 73.8 cm³/mol. The van der Waals surface area contributed by atoms with Crippen LogP contribution in [0.4, 0.5) is 4.79 Å². The van der Waals surface area contributed by atoms with Crippen LogP contribution in [-0.2, 0) is 0 Å². The predicted octanol–water partition coefficient (Wildman–Crippen LogP) is 1.60. The molecule has 1 fully saturated rings. The van der Waals surface area contributed by atoms with Gasteiger partial charge < -0.3 is 19.9 Å². The van der Waals surface area contributed by atoms with Crippen LogP contribution in [0.5, 0.6) is 0 Å². The van der Waals surface area contributed by atoms with E-state index in [4.69, 9.17) is 5.11 Å². The summed E-state index contributed by atoms with van der Waals surface area (Å²) in [6.07, 6.45) is 0.912. The lowest BCUT2D eigenvalue weighted by atomic mass is 10.1. The molecule has 3 rings (SSSR count). The highest BCUT2D eigenvalue weighted by Gasteiger charge is 2.24. The van der Waals surface area contributed by atoms with E-state index in [9.17, 15) is 9.59 Å². The van der Waals surface area contributed by atoms with Gasteiger partial charge in [0, 0.05) is 43.5 Å². The molecule has 6 nitrogen and oxygen atoms in total. The number of rotatable bonds is 1. The van der Waals surface area contributed by atoms with Gasteiger partial charge in [0.2, 0.25) is 0 Å². The van der Waals surface area contributed by atoms with Crippen molar-refractivity contribution in [1.82, 2.24) is 14.8 Å². The molecule has 2 aromatic rings. The Balaban J connectivity index is 1.74. The van der Waals surface area contributed by atoms with Crippen molar-refractivity contribution in [2.24, 2.45) is 0 Å². The molecule has 1 saturated heterocycles. The van der Waals surface area contributed by atoms with E-state index >= 15 is 0 Å². The van der Waals surface area contributed by atoms with E-state index in [-0.39, 0.29) is 5.91 Å². The van der Waals surface area contributed by atoms with Crippen LogP contribution in [0.2, 0.25) is 0 Å². The summed E-state index contributed by atoms with van der Waals surface area (Å²) in [6.45, 7) is 1.61. The van der Waals surface area contributed by atoms with Gasteiger partial charge in [-0.25, -0.2) is 4.79 Å². The molecule has 0 spiro atoms. The summed E-state index contributed by atoms with van der Waals surface area (Å²) in [5, 5.41) is 9.96. The van der Waals surface area contributed by atoms with E-state index in [1.165, 1.54) is 4.90 Å². The second kappa shape index (κ2) is 4.88. The lowest BCUT2D eigenvalue weighted by molar-refractivity contribution is 0.0625. The summed E-state index contributed by atoms with van der Waals surface area (Å²) in [5.74, 6) is -0.0495. The number of piperazine rings is 1. The van der Waals surface area contributed by atoms with E-state index in [1.54, 1.807) is 4.90 Å². The Morgan fingerprint density at radius 2 is 1.75 bits per heavy atom. The van der Waals surface area contributed by atoms with Crippen molar-refractivity contribution in [3.63, 3.8) is 0 Å². The number of hydrogen-bond acceptors (Lipinski definition) is 2. The number of carbonyl (C=O) groups excluding carboxylic acids is 1. The Hall–Kier alpha value is -2.50. The first-order valence-electron chi connectivity index (χ1n) is 6.49. The number of fused-ring (bicyclic) bond motifs is 1. The average Bonchev–Trinajstić information content (AvgIpc) is 2.94. The van der Waals surface area contributed by atoms with Gasteiger partial charge in [-0.3, -0.25) is 4.79 Å². The number of H-pyrrole nitrogens is 1. The molecule has 104 valence electrons. The molecule has 2 N–H and O–H groups in total. The van der Waals surface area contributed by atoms with E-state index in [1.807, 2.05) is 30.5 Å². The molecule has 6 heteroatoms. The van der Waals surface area contributed by atoms with Crippen LogP contribution in [-0.4, -0.2) is 58.1 Å². The smallest absolute Gasteiger partial charge is 0.407 e. The second-order valence-corrected chi connectivity index (χ2v) is 4.84. The molecule has 1 aromatic heterocycles. The van der Waals surface area contributed by atoms with Gasteiger partial charge in [-0.15, -0.1) is 0 Å². The van der Waals surface area contributed by atoms with Gasteiger partial charge >= 0.3 is 6.09 Å². The van der Waals surface area contributed by atoms with Crippen LogP contribution in [0.1, 0.15) is 10.4 Å². The molecule has 0 saturated carbocycles. The molecular formula is C14H15N3O3. The van der Waals surface area contributed by atoms with Gasteiger partial charge in [-0.1, -0.05) is 6.07 Å². The van der Waals surface area contributed by atoms with Gasteiger partial charge in [0.1, 0.15) is 0 Å². The third-order valence-corrected chi connectivity index (χ3v) is 3.64. The number of carbonyl (C=O) groups is 2. The van der Waals surface area contributed by atoms with Crippen molar-refractivity contribution in [3.8, 4) is 0 Å². The maximum absolute atomic E-state index is 12.4. The second-order valence-electron chi connectivity index (χ2n) is 4.84. The molecule has 1 aliphatic rings. The number of amides is 2. The van der Waals surface area contributed by atoms with Crippen LogP contribution in [0, 0.1) is 0 Å². The fraction of sp³-hybridized carbons (Fsp3) is 0.286. The van der Waals surface area contributed by atoms with Crippen molar-refractivity contribution in [2.75, 3.05) is 26.2 Å². The summed E-state index contributed by atoms with van der Waals surface area (Å²) in [4.78, 5) is 29.3. The number of hydrogen-bond donors (Lipinski definition) is 2. The van der Waals surface area contributed by atoms with E-state index in [2.05, 4.69) is 4.98 Å². The maximum atomic E-state index is 12.4. The minimum Gasteiger partial charge on any atom is -0.465 e. The summed E-state index contributed by atoms with van der Waals surface area (Å²) in [5.41, 5.74) is 1.56. The summed E-state index contributed by atoms with van der Waals surface area (Å²) >= 11 is 0. The zero-order valence-corrected chi connectivity index (χ0v) is 10.9. The first-order valence-corrected chi connectivity index (χ1v) is 6.49. The molecular weight excluding hydrogens is 258 g/mol. The molecule has 0 unspecified atom stereocenters. The number of aromatic amines is 1. The third-order valence-electron chi connectivity index (χ3n) is 3.64. The summed E-state index contributed by atoms with van der Waals surface area (Å²) in [6, 6.07) is 7.51. The maximum Gasteiger partial charge on any atom is 0.407 e. The Labute approximate surface area is 115 Å². The van der Waals surface area contributed by atoms with E-state index in [0.29, 0.717) is 31.7 Å². The highest BCUT2D eigenvalue weighted by Crippen LogP contribution is 2.16.